The van der Waals surface area contributed by atoms with E-state index in [0.717, 1.165) is 6.42 Å². The van der Waals surface area contributed by atoms with E-state index in [9.17, 15) is 4.57 Å². The minimum absolute atomic E-state index is 0.105. The molecular weight excluding hydrogens is 257 g/mol. The molecule has 7 heteroatoms. The van der Waals surface area contributed by atoms with Gasteiger partial charge in [-0.3, -0.25) is 13.6 Å². The number of hydrogen-bond acceptors (Lipinski definition) is 6. The van der Waals surface area contributed by atoms with E-state index in [-0.39, 0.29) is 26.4 Å². The smallest absolute Gasteiger partial charge is 0.381 e. The molecule has 0 amide bonds. The Kier molecular flexibility index (Phi) is 11.7. The molecule has 0 aliphatic heterocycles. The van der Waals surface area contributed by atoms with Crippen LogP contribution in [0, 0.1) is 0 Å². The Morgan fingerprint density at radius 3 is 2.50 bits per heavy atom. The zero-order valence-electron chi connectivity index (χ0n) is 11.0. The fraction of sp³-hybridized carbons (Fsp3) is 0.818. The summed E-state index contributed by atoms with van der Waals surface area (Å²) < 4.78 is 32.4. The van der Waals surface area contributed by atoms with Crippen LogP contribution in [0.15, 0.2) is 12.7 Å². The van der Waals surface area contributed by atoms with Gasteiger partial charge < -0.3 is 10.5 Å². The van der Waals surface area contributed by atoms with Gasteiger partial charge in [0.2, 0.25) is 0 Å². The summed E-state index contributed by atoms with van der Waals surface area (Å²) in [5.74, 6) is 0. The zero-order chi connectivity index (χ0) is 13.7. The van der Waals surface area contributed by atoms with E-state index in [2.05, 4.69) is 6.58 Å². The second-order valence-electron chi connectivity index (χ2n) is 3.45. The van der Waals surface area contributed by atoms with E-state index in [4.69, 9.17) is 24.0 Å². The van der Waals surface area contributed by atoms with Crippen LogP contribution in [0.1, 0.15) is 19.8 Å². The molecule has 1 unspecified atom stereocenters. The Balaban J connectivity index is 3.85. The monoisotopic (exact) mass is 281 g/mol. The summed E-state index contributed by atoms with van der Waals surface area (Å²) in [6.45, 7) is 7.52. The van der Waals surface area contributed by atoms with Gasteiger partial charge in [-0.05, 0) is 12.8 Å². The number of hydrogen-bond donors (Lipinski definition) is 1. The first-order valence-electron chi connectivity index (χ1n) is 6.11. The van der Waals surface area contributed by atoms with Crippen molar-refractivity contribution in [2.75, 3.05) is 39.6 Å². The van der Waals surface area contributed by atoms with Crippen LogP contribution in [0.3, 0.4) is 0 Å². The third kappa shape index (κ3) is 9.76. The molecule has 0 saturated heterocycles. The largest absolute Gasteiger partial charge is 0.475 e. The third-order valence-electron chi connectivity index (χ3n) is 1.75. The van der Waals surface area contributed by atoms with Gasteiger partial charge in [-0.15, -0.1) is 6.58 Å². The lowest BCUT2D eigenvalue weighted by atomic mass is 10.5. The van der Waals surface area contributed by atoms with E-state index in [0.29, 0.717) is 19.6 Å². The van der Waals surface area contributed by atoms with Gasteiger partial charge in [0.25, 0.3) is 0 Å². The Morgan fingerprint density at radius 2 is 1.89 bits per heavy atom. The lowest BCUT2D eigenvalue weighted by molar-refractivity contribution is 0.0946. The maximum absolute atomic E-state index is 12.0. The van der Waals surface area contributed by atoms with Crippen LogP contribution in [0.4, 0.5) is 0 Å². The van der Waals surface area contributed by atoms with Crippen LogP contribution in [-0.4, -0.2) is 39.6 Å². The normalized spacial score (nSPS) is 14.3. The van der Waals surface area contributed by atoms with Gasteiger partial charge in [-0.1, -0.05) is 13.0 Å². The second kappa shape index (κ2) is 11.8. The SMILES string of the molecule is C=CCOP(=O)(OCCN)OCCCOCCC. The number of rotatable bonds is 13. The average Bonchev–Trinajstić information content (AvgIpc) is 2.38. The molecule has 0 aromatic rings. The topological polar surface area (TPSA) is 80.0 Å². The Hall–Kier alpha value is -0.230. The summed E-state index contributed by atoms with van der Waals surface area (Å²) in [5, 5.41) is 0. The molecule has 0 aromatic carbocycles. The molecule has 0 saturated carbocycles. The summed E-state index contributed by atoms with van der Waals surface area (Å²) in [7, 11) is -3.51. The lowest BCUT2D eigenvalue weighted by Crippen LogP contribution is -2.10. The molecule has 6 nitrogen and oxygen atoms in total. The van der Waals surface area contributed by atoms with Crippen molar-refractivity contribution in [1.29, 1.82) is 0 Å². The number of nitrogens with two attached hydrogens (primary N) is 1. The Labute approximate surface area is 109 Å². The van der Waals surface area contributed by atoms with Gasteiger partial charge in [-0.25, -0.2) is 4.57 Å². The van der Waals surface area contributed by atoms with E-state index in [1.807, 2.05) is 6.92 Å². The summed E-state index contributed by atoms with van der Waals surface area (Å²) >= 11 is 0. The molecular formula is C11H24NO5P. The summed E-state index contributed by atoms with van der Waals surface area (Å²) in [6, 6.07) is 0. The zero-order valence-corrected chi connectivity index (χ0v) is 11.9. The maximum atomic E-state index is 12.0. The van der Waals surface area contributed by atoms with E-state index in [1.54, 1.807) is 0 Å². The van der Waals surface area contributed by atoms with Crippen LogP contribution in [0.5, 0.6) is 0 Å². The van der Waals surface area contributed by atoms with Gasteiger partial charge in [0.1, 0.15) is 0 Å². The van der Waals surface area contributed by atoms with Crippen molar-refractivity contribution in [1.82, 2.24) is 0 Å². The first kappa shape index (κ1) is 17.8. The summed E-state index contributed by atoms with van der Waals surface area (Å²) in [5.41, 5.74) is 5.28. The van der Waals surface area contributed by atoms with Crippen molar-refractivity contribution < 1.29 is 22.9 Å². The molecule has 0 bridgehead atoms. The highest BCUT2D eigenvalue weighted by molar-refractivity contribution is 7.48. The molecule has 108 valence electrons. The van der Waals surface area contributed by atoms with Gasteiger partial charge in [0.15, 0.2) is 0 Å². The van der Waals surface area contributed by atoms with Crippen LogP contribution >= 0.6 is 7.82 Å². The summed E-state index contributed by atoms with van der Waals surface area (Å²) in [6.07, 6.45) is 3.08. The van der Waals surface area contributed by atoms with Gasteiger partial charge >= 0.3 is 7.82 Å². The van der Waals surface area contributed by atoms with Crippen molar-refractivity contribution in [3.8, 4) is 0 Å². The molecule has 0 spiro atoms. The highest BCUT2D eigenvalue weighted by atomic mass is 31.2. The molecule has 0 heterocycles. The minimum atomic E-state index is -3.51. The third-order valence-corrected chi connectivity index (χ3v) is 3.21. The Morgan fingerprint density at radius 1 is 1.17 bits per heavy atom. The average molecular weight is 281 g/mol. The van der Waals surface area contributed by atoms with Crippen LogP contribution < -0.4 is 5.73 Å². The van der Waals surface area contributed by atoms with E-state index < -0.39 is 7.82 Å². The second-order valence-corrected chi connectivity index (χ2v) is 5.12. The molecule has 1 atom stereocenters. The van der Waals surface area contributed by atoms with Gasteiger partial charge in [0.05, 0.1) is 19.8 Å². The molecule has 2 N–H and O–H groups in total. The molecule has 0 aromatic heterocycles. The lowest BCUT2D eigenvalue weighted by Gasteiger charge is -2.16. The summed E-state index contributed by atoms with van der Waals surface area (Å²) in [4.78, 5) is 0. The van der Waals surface area contributed by atoms with Crippen LogP contribution in [-0.2, 0) is 22.9 Å². The molecule has 0 aliphatic carbocycles. The molecule has 0 aliphatic rings. The standard InChI is InChI=1S/C11H24NO5P/c1-3-7-14-9-5-10-16-18(13,15-8-4-2)17-11-6-12/h4H,2-3,5-12H2,1H3. The molecule has 0 rings (SSSR count). The van der Waals surface area contributed by atoms with Crippen LogP contribution in [0.25, 0.3) is 0 Å². The first-order chi connectivity index (χ1) is 8.68. The van der Waals surface area contributed by atoms with E-state index >= 15 is 0 Å². The highest BCUT2D eigenvalue weighted by Crippen LogP contribution is 2.49. The Bertz CT molecular complexity index is 250. The first-order valence-corrected chi connectivity index (χ1v) is 7.57. The fourth-order valence-corrected chi connectivity index (χ4v) is 2.20. The van der Waals surface area contributed by atoms with Crippen molar-refractivity contribution in [3.05, 3.63) is 12.7 Å². The molecule has 0 radical (unpaired) electrons. The van der Waals surface area contributed by atoms with Crippen molar-refractivity contribution in [2.24, 2.45) is 5.73 Å². The molecule has 0 fully saturated rings. The van der Waals surface area contributed by atoms with Crippen molar-refractivity contribution in [3.63, 3.8) is 0 Å². The van der Waals surface area contributed by atoms with E-state index in [1.165, 1.54) is 6.08 Å². The predicted octanol–water partition coefficient (Wildman–Crippen LogP) is 2.11. The molecule has 18 heavy (non-hydrogen) atoms. The number of phosphoric ester groups is 1. The maximum Gasteiger partial charge on any atom is 0.475 e. The predicted molar refractivity (Wildman–Crippen MR) is 70.4 cm³/mol. The minimum Gasteiger partial charge on any atom is -0.381 e. The fourth-order valence-electron chi connectivity index (χ4n) is 1.00. The van der Waals surface area contributed by atoms with Crippen molar-refractivity contribution in [2.45, 2.75) is 19.8 Å². The van der Waals surface area contributed by atoms with Gasteiger partial charge in [-0.2, -0.15) is 0 Å². The number of phosphoric acid groups is 1. The van der Waals surface area contributed by atoms with Gasteiger partial charge in [0, 0.05) is 19.8 Å². The van der Waals surface area contributed by atoms with Crippen LogP contribution in [0.2, 0.25) is 0 Å². The highest BCUT2D eigenvalue weighted by Gasteiger charge is 2.25. The number of ether oxygens (including phenoxy) is 1. The quantitative estimate of drug-likeness (QED) is 0.316. The van der Waals surface area contributed by atoms with Crippen molar-refractivity contribution >= 4 is 7.82 Å².